The highest BCUT2D eigenvalue weighted by molar-refractivity contribution is 6.32. The molecule has 0 aromatic heterocycles. The number of ketones is 1. The number of amides is 1. The van der Waals surface area contributed by atoms with Crippen molar-refractivity contribution in [1.82, 2.24) is 0 Å². The molecule has 1 aliphatic heterocycles. The normalized spacial score (nSPS) is 16.9. The number of halogens is 2. The maximum Gasteiger partial charge on any atom is 0.351 e. The molecule has 8 heteroatoms. The third-order valence-corrected chi connectivity index (χ3v) is 3.96. The van der Waals surface area contributed by atoms with Gasteiger partial charge in [-0.3, -0.25) is 19.7 Å². The third kappa shape index (κ3) is 2.74. The molecule has 2 aromatic carbocycles. The summed E-state index contributed by atoms with van der Waals surface area (Å²) in [5, 5.41) is 11.4. The first-order chi connectivity index (χ1) is 11.4. The van der Waals surface area contributed by atoms with E-state index in [4.69, 9.17) is 11.6 Å². The van der Waals surface area contributed by atoms with Crippen molar-refractivity contribution in [3.8, 4) is 0 Å². The Kier molecular flexibility index (Phi) is 4.02. The van der Waals surface area contributed by atoms with Crippen LogP contribution in [-0.2, 0) is 11.3 Å². The molecule has 1 unspecified atom stereocenters. The van der Waals surface area contributed by atoms with Crippen molar-refractivity contribution in [2.75, 3.05) is 4.90 Å². The summed E-state index contributed by atoms with van der Waals surface area (Å²) in [7, 11) is 0. The molecule has 0 N–H and O–H groups in total. The van der Waals surface area contributed by atoms with Gasteiger partial charge < -0.3 is 4.90 Å². The van der Waals surface area contributed by atoms with E-state index < -0.39 is 28.5 Å². The van der Waals surface area contributed by atoms with E-state index in [1.54, 1.807) is 0 Å². The Morgan fingerprint density at radius 2 is 1.83 bits per heavy atom. The smallest absolute Gasteiger partial charge is 0.301 e. The fourth-order valence-electron chi connectivity index (χ4n) is 2.59. The standard InChI is InChI=1S/C16H10ClFN2O4/c17-10-3-6-13-12(7-10)15(21)14(20(23)24)16(22)19(13)8-9-1-4-11(18)5-2-9/h1-7,14H,8H2. The largest absolute Gasteiger partial charge is 0.351 e. The number of hydrogen-bond acceptors (Lipinski definition) is 4. The van der Waals surface area contributed by atoms with Gasteiger partial charge in [0.05, 0.1) is 17.8 Å². The van der Waals surface area contributed by atoms with E-state index >= 15 is 0 Å². The lowest BCUT2D eigenvalue weighted by Crippen LogP contribution is -2.51. The van der Waals surface area contributed by atoms with Crippen LogP contribution >= 0.6 is 11.6 Å². The molecule has 24 heavy (non-hydrogen) atoms. The van der Waals surface area contributed by atoms with E-state index in [0.717, 1.165) is 4.90 Å². The molecule has 0 spiro atoms. The first-order valence-corrected chi connectivity index (χ1v) is 7.29. The van der Waals surface area contributed by atoms with Crippen LogP contribution in [0.2, 0.25) is 5.02 Å². The van der Waals surface area contributed by atoms with E-state index in [9.17, 15) is 24.1 Å². The van der Waals surface area contributed by atoms with Crippen LogP contribution in [0.3, 0.4) is 0 Å². The van der Waals surface area contributed by atoms with Gasteiger partial charge in [-0.2, -0.15) is 0 Å². The van der Waals surface area contributed by atoms with Crippen LogP contribution in [0.15, 0.2) is 42.5 Å². The highest BCUT2D eigenvalue weighted by atomic mass is 35.5. The van der Waals surface area contributed by atoms with Gasteiger partial charge in [-0.15, -0.1) is 0 Å². The van der Waals surface area contributed by atoms with Crippen LogP contribution in [0.25, 0.3) is 0 Å². The quantitative estimate of drug-likeness (QED) is 0.485. The molecule has 0 saturated carbocycles. The highest BCUT2D eigenvalue weighted by Crippen LogP contribution is 2.32. The summed E-state index contributed by atoms with van der Waals surface area (Å²) < 4.78 is 13.0. The van der Waals surface area contributed by atoms with E-state index in [0.29, 0.717) is 5.56 Å². The number of benzene rings is 2. The molecule has 1 amide bonds. The van der Waals surface area contributed by atoms with Crippen molar-refractivity contribution in [3.63, 3.8) is 0 Å². The first kappa shape index (κ1) is 16.1. The maximum absolute atomic E-state index is 13.0. The Morgan fingerprint density at radius 1 is 1.17 bits per heavy atom. The van der Waals surface area contributed by atoms with Gasteiger partial charge in [0, 0.05) is 9.95 Å². The summed E-state index contributed by atoms with van der Waals surface area (Å²) in [4.78, 5) is 36.1. The molecule has 0 saturated heterocycles. The molecule has 122 valence electrons. The Labute approximate surface area is 140 Å². The zero-order valence-corrected chi connectivity index (χ0v) is 12.9. The van der Waals surface area contributed by atoms with Gasteiger partial charge in [-0.1, -0.05) is 23.7 Å². The summed E-state index contributed by atoms with van der Waals surface area (Å²) >= 11 is 5.86. The molecule has 0 bridgehead atoms. The van der Waals surface area contributed by atoms with Gasteiger partial charge in [-0.25, -0.2) is 4.39 Å². The minimum Gasteiger partial charge on any atom is -0.301 e. The van der Waals surface area contributed by atoms with Crippen LogP contribution in [0.4, 0.5) is 10.1 Å². The Morgan fingerprint density at radius 3 is 2.46 bits per heavy atom. The van der Waals surface area contributed by atoms with Crippen LogP contribution in [0.5, 0.6) is 0 Å². The predicted octanol–water partition coefficient (Wildman–Crippen LogP) is 2.85. The molecule has 6 nitrogen and oxygen atoms in total. The van der Waals surface area contributed by atoms with Crippen molar-refractivity contribution in [1.29, 1.82) is 0 Å². The van der Waals surface area contributed by atoms with Crippen molar-refractivity contribution >= 4 is 29.0 Å². The number of nitrogens with zero attached hydrogens (tertiary/aromatic N) is 2. The fraction of sp³-hybridized carbons (Fsp3) is 0.125. The van der Waals surface area contributed by atoms with E-state index in [-0.39, 0.29) is 22.8 Å². The lowest BCUT2D eigenvalue weighted by atomic mass is 9.95. The number of Topliss-reactive ketones (excluding diaryl/α,β-unsaturated/α-hetero) is 1. The Bertz CT molecular complexity index is 854. The Hall–Kier alpha value is -2.80. The minimum absolute atomic E-state index is 0.0194. The van der Waals surface area contributed by atoms with E-state index in [1.165, 1.54) is 42.5 Å². The molecule has 0 fully saturated rings. The molecule has 0 aliphatic carbocycles. The molecule has 3 rings (SSSR count). The van der Waals surface area contributed by atoms with Crippen molar-refractivity contribution < 1.29 is 18.9 Å². The third-order valence-electron chi connectivity index (χ3n) is 3.73. The van der Waals surface area contributed by atoms with E-state index in [2.05, 4.69) is 0 Å². The van der Waals surface area contributed by atoms with Crippen molar-refractivity contribution in [3.05, 3.63) is 74.5 Å². The summed E-state index contributed by atoms with van der Waals surface area (Å²) in [5.41, 5.74) is 0.838. The van der Waals surface area contributed by atoms with Crippen LogP contribution < -0.4 is 4.90 Å². The number of nitro groups is 1. The number of fused-ring (bicyclic) bond motifs is 1. The zero-order chi connectivity index (χ0) is 17.4. The summed E-state index contributed by atoms with van der Waals surface area (Å²) in [6.07, 6.45) is 0. The van der Waals surface area contributed by atoms with Gasteiger partial charge in [0.2, 0.25) is 5.78 Å². The second kappa shape index (κ2) is 6.01. The second-order valence-corrected chi connectivity index (χ2v) is 5.70. The van der Waals surface area contributed by atoms with Gasteiger partial charge in [-0.05, 0) is 35.9 Å². The molecule has 0 radical (unpaired) electrons. The molecule has 1 heterocycles. The van der Waals surface area contributed by atoms with Gasteiger partial charge in [0.1, 0.15) is 5.82 Å². The molecule has 2 aromatic rings. The van der Waals surface area contributed by atoms with Gasteiger partial charge in [0.15, 0.2) is 0 Å². The first-order valence-electron chi connectivity index (χ1n) is 6.91. The summed E-state index contributed by atoms with van der Waals surface area (Å²) in [5.74, 6) is -2.25. The molecule has 1 atom stereocenters. The average Bonchev–Trinajstić information content (AvgIpc) is 2.53. The van der Waals surface area contributed by atoms with E-state index in [1.807, 2.05) is 0 Å². The lowest BCUT2D eigenvalue weighted by molar-refractivity contribution is -0.491. The number of hydrogen-bond donors (Lipinski definition) is 0. The van der Waals surface area contributed by atoms with Gasteiger partial charge >= 0.3 is 11.9 Å². The topological polar surface area (TPSA) is 80.5 Å². The Balaban J connectivity index is 2.08. The SMILES string of the molecule is O=C1c2cc(Cl)ccc2N(Cc2ccc(F)cc2)C(=O)C1[N+](=O)[O-]. The minimum atomic E-state index is -2.00. The number of carbonyl (C=O) groups is 2. The molecule has 1 aliphatic rings. The molecular formula is C16H10ClFN2O4. The number of rotatable bonds is 3. The number of anilines is 1. The van der Waals surface area contributed by atoms with Crippen molar-refractivity contribution in [2.45, 2.75) is 12.6 Å². The summed E-state index contributed by atoms with van der Waals surface area (Å²) in [6.45, 7) is -0.0225. The highest BCUT2D eigenvalue weighted by Gasteiger charge is 2.47. The average molecular weight is 349 g/mol. The monoisotopic (exact) mass is 348 g/mol. The molecular weight excluding hydrogens is 339 g/mol. The summed E-state index contributed by atoms with van der Waals surface area (Å²) in [6, 6.07) is 7.64. The van der Waals surface area contributed by atoms with Crippen LogP contribution in [-0.4, -0.2) is 22.7 Å². The van der Waals surface area contributed by atoms with Crippen LogP contribution in [0, 0.1) is 15.9 Å². The zero-order valence-electron chi connectivity index (χ0n) is 12.1. The van der Waals surface area contributed by atoms with Gasteiger partial charge in [0.25, 0.3) is 0 Å². The van der Waals surface area contributed by atoms with Crippen LogP contribution in [0.1, 0.15) is 15.9 Å². The lowest BCUT2D eigenvalue weighted by Gasteiger charge is -2.30. The second-order valence-electron chi connectivity index (χ2n) is 5.26. The van der Waals surface area contributed by atoms with Crippen molar-refractivity contribution in [2.24, 2.45) is 0 Å². The fourth-order valence-corrected chi connectivity index (χ4v) is 2.76. The maximum atomic E-state index is 13.0. The predicted molar refractivity (Wildman–Crippen MR) is 84.2 cm³/mol. The number of carbonyl (C=O) groups excluding carboxylic acids is 2.